The van der Waals surface area contributed by atoms with Crippen LogP contribution in [0.15, 0.2) is 41.6 Å². The highest BCUT2D eigenvalue weighted by Gasteiger charge is 2.15. The molecule has 110 valence electrons. The van der Waals surface area contributed by atoms with Gasteiger partial charge in [0.15, 0.2) is 5.82 Å². The van der Waals surface area contributed by atoms with Gasteiger partial charge in [-0.2, -0.15) is 0 Å². The Balaban J connectivity index is 2.36. The highest BCUT2D eigenvalue weighted by Crippen LogP contribution is 2.20. The lowest BCUT2D eigenvalue weighted by Gasteiger charge is -2.10. The van der Waals surface area contributed by atoms with Crippen LogP contribution in [-0.4, -0.2) is 19.3 Å². The van der Waals surface area contributed by atoms with E-state index in [9.17, 15) is 17.6 Å². The van der Waals surface area contributed by atoms with Crippen molar-refractivity contribution in [2.45, 2.75) is 11.8 Å². The molecule has 0 aliphatic carbocycles. The first-order valence-corrected chi connectivity index (χ1v) is 7.38. The molecule has 1 aromatic carbocycles. The molecule has 0 radical (unpaired) electrons. The van der Waals surface area contributed by atoms with E-state index in [-0.39, 0.29) is 16.1 Å². The number of sulfonamides is 1. The van der Waals surface area contributed by atoms with Crippen molar-refractivity contribution in [3.63, 3.8) is 0 Å². The zero-order valence-electron chi connectivity index (χ0n) is 11.0. The number of pyridine rings is 1. The van der Waals surface area contributed by atoms with E-state index in [1.54, 1.807) is 6.92 Å². The number of hydrogen-bond donors (Lipinski definition) is 2. The van der Waals surface area contributed by atoms with Gasteiger partial charge >= 0.3 is 0 Å². The van der Waals surface area contributed by atoms with Crippen molar-refractivity contribution in [3.8, 4) is 0 Å². The lowest BCUT2D eigenvalue weighted by molar-refractivity contribution is 0.102. The third kappa shape index (κ3) is 3.41. The van der Waals surface area contributed by atoms with E-state index in [0.29, 0.717) is 5.56 Å². The summed E-state index contributed by atoms with van der Waals surface area (Å²) >= 11 is 0. The van der Waals surface area contributed by atoms with Crippen LogP contribution in [0.1, 0.15) is 15.9 Å². The molecule has 0 spiro atoms. The van der Waals surface area contributed by atoms with Crippen molar-refractivity contribution >= 4 is 21.6 Å². The van der Waals surface area contributed by atoms with Crippen molar-refractivity contribution in [3.05, 3.63) is 53.6 Å². The summed E-state index contributed by atoms with van der Waals surface area (Å²) in [4.78, 5) is 15.4. The number of aromatic nitrogens is 1. The smallest absolute Gasteiger partial charge is 0.258 e. The summed E-state index contributed by atoms with van der Waals surface area (Å²) in [5, 5.41) is 7.49. The summed E-state index contributed by atoms with van der Waals surface area (Å²) < 4.78 is 36.1. The summed E-state index contributed by atoms with van der Waals surface area (Å²) in [5.41, 5.74) is 0.665. The van der Waals surface area contributed by atoms with Crippen LogP contribution in [0, 0.1) is 12.7 Å². The molecular weight excluding hydrogens is 297 g/mol. The lowest BCUT2D eigenvalue weighted by Crippen LogP contribution is -2.16. The Hall–Kier alpha value is -2.32. The third-order valence-electron chi connectivity index (χ3n) is 2.80. The molecule has 8 heteroatoms. The van der Waals surface area contributed by atoms with Crippen molar-refractivity contribution in [2.75, 3.05) is 5.32 Å². The van der Waals surface area contributed by atoms with Crippen LogP contribution in [0.4, 0.5) is 10.1 Å². The van der Waals surface area contributed by atoms with Gasteiger partial charge in [0.1, 0.15) is 0 Å². The minimum absolute atomic E-state index is 0.140. The minimum atomic E-state index is -3.89. The Morgan fingerprint density at radius 1 is 1.33 bits per heavy atom. The van der Waals surface area contributed by atoms with Gasteiger partial charge in [0, 0.05) is 11.9 Å². The normalized spacial score (nSPS) is 11.2. The molecule has 0 unspecified atom stereocenters. The van der Waals surface area contributed by atoms with Gasteiger partial charge in [-0.25, -0.2) is 17.9 Å². The monoisotopic (exact) mass is 309 g/mol. The number of nitrogens with two attached hydrogens (primary N) is 1. The van der Waals surface area contributed by atoms with Gasteiger partial charge in [0.2, 0.25) is 10.0 Å². The Bertz CT molecular complexity index is 806. The molecule has 1 aromatic heterocycles. The maximum Gasteiger partial charge on any atom is 0.258 e. The Labute approximate surface area is 120 Å². The quantitative estimate of drug-likeness (QED) is 0.895. The largest absolute Gasteiger partial charge is 0.322 e. The maximum absolute atomic E-state index is 13.5. The average Bonchev–Trinajstić information content (AvgIpc) is 2.40. The van der Waals surface area contributed by atoms with Crippen molar-refractivity contribution in [2.24, 2.45) is 5.14 Å². The minimum Gasteiger partial charge on any atom is -0.322 e. The Kier molecular flexibility index (Phi) is 4.01. The van der Waals surface area contributed by atoms with E-state index in [4.69, 9.17) is 5.14 Å². The molecule has 0 bridgehead atoms. The van der Waals surface area contributed by atoms with Crippen LogP contribution in [-0.2, 0) is 10.0 Å². The van der Waals surface area contributed by atoms with Crippen LogP contribution in [0.2, 0.25) is 0 Å². The maximum atomic E-state index is 13.5. The standard InChI is InChI=1S/C13H12FN3O3S/c1-8-2-3-9(21(15,19)20)6-12(8)17-13(18)10-4-5-16-7-11(10)14/h2-7H,1H3,(H,17,18)(H2,15,19,20). The number of carbonyl (C=O) groups is 1. The number of amides is 1. The van der Waals surface area contributed by atoms with Gasteiger partial charge in [0.25, 0.3) is 5.91 Å². The second kappa shape index (κ2) is 5.58. The molecular formula is C13H12FN3O3S. The van der Waals surface area contributed by atoms with E-state index in [1.165, 1.54) is 30.5 Å². The fourth-order valence-corrected chi connectivity index (χ4v) is 2.20. The van der Waals surface area contributed by atoms with Crippen molar-refractivity contribution in [1.82, 2.24) is 4.98 Å². The molecule has 21 heavy (non-hydrogen) atoms. The van der Waals surface area contributed by atoms with Gasteiger partial charge in [-0.1, -0.05) is 6.07 Å². The molecule has 0 fully saturated rings. The van der Waals surface area contributed by atoms with Crippen molar-refractivity contribution < 1.29 is 17.6 Å². The number of nitrogens with one attached hydrogen (secondary N) is 1. The number of anilines is 1. The molecule has 0 atom stereocenters. The molecule has 3 N–H and O–H groups in total. The van der Waals surface area contributed by atoms with Crippen LogP contribution in [0.3, 0.4) is 0 Å². The molecule has 1 heterocycles. The van der Waals surface area contributed by atoms with E-state index >= 15 is 0 Å². The molecule has 0 saturated carbocycles. The van der Waals surface area contributed by atoms with E-state index in [0.717, 1.165) is 6.20 Å². The average molecular weight is 309 g/mol. The number of carbonyl (C=O) groups excluding carboxylic acids is 1. The van der Waals surface area contributed by atoms with Gasteiger partial charge in [-0.15, -0.1) is 0 Å². The van der Waals surface area contributed by atoms with Gasteiger partial charge in [-0.3, -0.25) is 9.78 Å². The molecule has 0 aliphatic heterocycles. The number of benzene rings is 1. The van der Waals surface area contributed by atoms with Crippen molar-refractivity contribution in [1.29, 1.82) is 0 Å². The van der Waals surface area contributed by atoms with Crippen LogP contribution < -0.4 is 10.5 Å². The van der Waals surface area contributed by atoms with Gasteiger partial charge < -0.3 is 5.32 Å². The first-order valence-electron chi connectivity index (χ1n) is 5.83. The number of rotatable bonds is 3. The molecule has 1 amide bonds. The Morgan fingerprint density at radius 3 is 2.67 bits per heavy atom. The van der Waals surface area contributed by atoms with Gasteiger partial charge in [0.05, 0.1) is 16.7 Å². The van der Waals surface area contributed by atoms with Crippen LogP contribution in [0.5, 0.6) is 0 Å². The predicted molar refractivity (Wildman–Crippen MR) is 74.7 cm³/mol. The number of aryl methyl sites for hydroxylation is 1. The molecule has 2 aromatic rings. The summed E-state index contributed by atoms with van der Waals surface area (Å²) in [6, 6.07) is 5.27. The molecule has 0 saturated heterocycles. The SMILES string of the molecule is Cc1ccc(S(N)(=O)=O)cc1NC(=O)c1ccncc1F. The summed E-state index contributed by atoms with van der Waals surface area (Å²) in [6.07, 6.45) is 2.20. The fraction of sp³-hybridized carbons (Fsp3) is 0.0769. The lowest BCUT2D eigenvalue weighted by atomic mass is 10.2. The van der Waals surface area contributed by atoms with E-state index in [2.05, 4.69) is 10.3 Å². The Morgan fingerprint density at radius 2 is 2.05 bits per heavy atom. The number of nitrogens with zero attached hydrogens (tertiary/aromatic N) is 1. The topological polar surface area (TPSA) is 102 Å². The van der Waals surface area contributed by atoms with Gasteiger partial charge in [-0.05, 0) is 30.7 Å². The summed E-state index contributed by atoms with van der Waals surface area (Å²) in [5.74, 6) is -1.47. The highest BCUT2D eigenvalue weighted by atomic mass is 32.2. The van der Waals surface area contributed by atoms with E-state index in [1.807, 2.05) is 0 Å². The predicted octanol–water partition coefficient (Wildman–Crippen LogP) is 1.43. The van der Waals surface area contributed by atoms with Crippen LogP contribution >= 0.6 is 0 Å². The van der Waals surface area contributed by atoms with Crippen LogP contribution in [0.25, 0.3) is 0 Å². The fourth-order valence-electron chi connectivity index (χ4n) is 1.66. The summed E-state index contributed by atoms with van der Waals surface area (Å²) in [7, 11) is -3.89. The third-order valence-corrected chi connectivity index (χ3v) is 3.71. The molecule has 0 aliphatic rings. The zero-order valence-corrected chi connectivity index (χ0v) is 11.8. The second-order valence-electron chi connectivity index (χ2n) is 4.33. The van der Waals surface area contributed by atoms with E-state index < -0.39 is 21.7 Å². The molecule has 2 rings (SSSR count). The zero-order chi connectivity index (χ0) is 15.6. The first kappa shape index (κ1) is 15.1. The summed E-state index contributed by atoms with van der Waals surface area (Å²) in [6.45, 7) is 1.67. The number of primary sulfonamides is 1. The molecule has 6 nitrogen and oxygen atoms in total. The highest BCUT2D eigenvalue weighted by molar-refractivity contribution is 7.89. The number of halogens is 1. The first-order chi connectivity index (χ1) is 9.79. The number of hydrogen-bond acceptors (Lipinski definition) is 4. The second-order valence-corrected chi connectivity index (χ2v) is 5.89.